The Bertz CT molecular complexity index is 1310. The van der Waals surface area contributed by atoms with Crippen molar-refractivity contribution in [3.63, 3.8) is 0 Å². The van der Waals surface area contributed by atoms with Crippen molar-refractivity contribution in [2.24, 2.45) is 0 Å². The van der Waals surface area contributed by atoms with Gasteiger partial charge >= 0.3 is 6.36 Å². The maximum Gasteiger partial charge on any atom is 0.522 e. The van der Waals surface area contributed by atoms with Gasteiger partial charge in [0.1, 0.15) is 0 Å². The molecule has 0 aliphatic heterocycles. The van der Waals surface area contributed by atoms with E-state index in [4.69, 9.17) is 0 Å². The number of fused-ring (bicyclic) bond motifs is 6. The van der Waals surface area contributed by atoms with Crippen LogP contribution in [0.25, 0.3) is 22.3 Å². The highest BCUT2D eigenvalue weighted by Gasteiger charge is 2.47. The average Bonchev–Trinajstić information content (AvgIpc) is 3.30. The molecule has 3 aromatic carbocycles. The Morgan fingerprint density at radius 3 is 2.11 bits per heavy atom. The van der Waals surface area contributed by atoms with Crippen molar-refractivity contribution in [2.45, 2.75) is 89.8 Å². The lowest BCUT2D eigenvalue weighted by Gasteiger charge is -2.33. The van der Waals surface area contributed by atoms with Gasteiger partial charge in [-0.05, 0) is 94.8 Å². The van der Waals surface area contributed by atoms with Crippen LogP contribution >= 0.6 is 0 Å². The fraction of sp³-hybridized carbons (Fsp3) is 0.455. The van der Waals surface area contributed by atoms with E-state index in [-0.39, 0.29) is 12.0 Å². The van der Waals surface area contributed by atoms with Gasteiger partial charge in [0.05, 0.1) is 6.61 Å². The average molecular weight is 507 g/mol. The maximum atomic E-state index is 13.0. The Hall–Kier alpha value is -2.59. The second-order valence-electron chi connectivity index (χ2n) is 10.9. The Morgan fingerprint density at radius 2 is 1.41 bits per heavy atom. The van der Waals surface area contributed by atoms with Crippen LogP contribution in [0.1, 0.15) is 93.5 Å². The molecule has 5 rings (SSSR count). The van der Waals surface area contributed by atoms with Crippen molar-refractivity contribution < 1.29 is 17.9 Å². The summed E-state index contributed by atoms with van der Waals surface area (Å²) in [7, 11) is 0. The van der Waals surface area contributed by atoms with Crippen LogP contribution in [0.4, 0.5) is 13.2 Å². The molecule has 0 spiro atoms. The van der Waals surface area contributed by atoms with E-state index in [0.29, 0.717) is 12.8 Å². The molecular formula is C33H37F3O. The third-order valence-electron chi connectivity index (χ3n) is 9.01. The van der Waals surface area contributed by atoms with Gasteiger partial charge in [0.25, 0.3) is 0 Å². The molecule has 0 N–H and O–H groups in total. The number of unbranched alkanes of at least 4 members (excludes halogenated alkanes) is 1. The second kappa shape index (κ2) is 9.62. The highest BCUT2D eigenvalue weighted by molar-refractivity contribution is 5.90. The first-order valence-corrected chi connectivity index (χ1v) is 13.8. The largest absolute Gasteiger partial charge is 0.522 e. The number of rotatable bonds is 9. The fourth-order valence-corrected chi connectivity index (χ4v) is 7.41. The van der Waals surface area contributed by atoms with E-state index in [1.54, 1.807) is 0 Å². The lowest BCUT2D eigenvalue weighted by molar-refractivity contribution is -0.325. The van der Waals surface area contributed by atoms with E-state index in [1.165, 1.54) is 38.9 Å². The van der Waals surface area contributed by atoms with Gasteiger partial charge in [-0.2, -0.15) is 0 Å². The summed E-state index contributed by atoms with van der Waals surface area (Å²) in [5, 5.41) is 0. The molecule has 1 nitrogen and oxygen atoms in total. The molecule has 0 radical (unpaired) electrons. The van der Waals surface area contributed by atoms with E-state index in [0.717, 1.165) is 43.2 Å². The molecule has 0 amide bonds. The van der Waals surface area contributed by atoms with Gasteiger partial charge in [-0.15, -0.1) is 13.2 Å². The number of hydrogen-bond donors (Lipinski definition) is 0. The molecule has 0 bridgehead atoms. The zero-order chi connectivity index (χ0) is 26.4. The van der Waals surface area contributed by atoms with Crippen LogP contribution in [0.2, 0.25) is 0 Å². The predicted molar refractivity (Wildman–Crippen MR) is 145 cm³/mol. The van der Waals surface area contributed by atoms with Crippen molar-refractivity contribution in [2.75, 3.05) is 6.61 Å². The fourth-order valence-electron chi connectivity index (χ4n) is 7.41. The summed E-state index contributed by atoms with van der Waals surface area (Å²) in [6.07, 6.45) is 1.99. The molecule has 0 saturated heterocycles. The topological polar surface area (TPSA) is 9.23 Å². The molecule has 0 aromatic heterocycles. The molecule has 4 heteroatoms. The molecule has 2 atom stereocenters. The first kappa shape index (κ1) is 26.0. The van der Waals surface area contributed by atoms with E-state index in [2.05, 4.69) is 81.0 Å². The molecule has 2 unspecified atom stereocenters. The number of aryl methyl sites for hydroxylation is 1. The van der Waals surface area contributed by atoms with E-state index < -0.39 is 11.8 Å². The Morgan fingerprint density at radius 1 is 0.703 bits per heavy atom. The summed E-state index contributed by atoms with van der Waals surface area (Å²) in [5.41, 5.74) is 10.7. The van der Waals surface area contributed by atoms with Crippen LogP contribution in [-0.4, -0.2) is 13.0 Å². The number of alkyl halides is 3. The van der Waals surface area contributed by atoms with Gasteiger partial charge in [0.2, 0.25) is 0 Å². The van der Waals surface area contributed by atoms with Crippen molar-refractivity contribution in [1.82, 2.24) is 0 Å². The van der Waals surface area contributed by atoms with Gasteiger partial charge in [-0.1, -0.05) is 82.5 Å². The number of ether oxygens (including phenoxy) is 1. The minimum absolute atomic E-state index is 0.0224. The van der Waals surface area contributed by atoms with E-state index in [9.17, 15) is 13.2 Å². The molecule has 3 aromatic rings. The quantitative estimate of drug-likeness (QED) is 0.281. The molecule has 0 heterocycles. The second-order valence-corrected chi connectivity index (χ2v) is 10.9. The van der Waals surface area contributed by atoms with E-state index in [1.807, 2.05) is 6.07 Å². The monoisotopic (exact) mass is 506 g/mol. The first-order chi connectivity index (χ1) is 17.7. The van der Waals surface area contributed by atoms with Crippen molar-refractivity contribution in [3.05, 3.63) is 82.4 Å². The van der Waals surface area contributed by atoms with Crippen LogP contribution in [0, 0.1) is 6.92 Å². The van der Waals surface area contributed by atoms with E-state index >= 15 is 0 Å². The zero-order valence-corrected chi connectivity index (χ0v) is 22.4. The van der Waals surface area contributed by atoms with Gasteiger partial charge in [0, 0.05) is 10.8 Å². The van der Waals surface area contributed by atoms with Crippen LogP contribution in [-0.2, 0) is 15.6 Å². The van der Waals surface area contributed by atoms with Crippen LogP contribution in [0.5, 0.6) is 0 Å². The standard InChI is InChI=1S/C33H37F3O/c1-5-8-17-32(16-6-2)26-14-10-9-13-23(26)24-20-29-25(21-28(24)32)30-22(4)12-11-15-27(30)31(29,7-3)18-19-37-33(34,35)36/h9-15,20-21H,5-8,16-19H2,1-4H3. The number of hydrogen-bond acceptors (Lipinski definition) is 1. The maximum absolute atomic E-state index is 13.0. The first-order valence-electron chi connectivity index (χ1n) is 13.8. The molecule has 2 aliphatic carbocycles. The van der Waals surface area contributed by atoms with Gasteiger partial charge in [-0.3, -0.25) is 4.74 Å². The Kier molecular flexibility index (Phi) is 6.77. The van der Waals surface area contributed by atoms with Gasteiger partial charge < -0.3 is 0 Å². The van der Waals surface area contributed by atoms with Crippen molar-refractivity contribution in [1.29, 1.82) is 0 Å². The lowest BCUT2D eigenvalue weighted by atomic mass is 9.70. The molecular weight excluding hydrogens is 469 g/mol. The zero-order valence-electron chi connectivity index (χ0n) is 22.4. The third-order valence-corrected chi connectivity index (χ3v) is 9.01. The molecule has 2 aliphatic rings. The van der Waals surface area contributed by atoms with Gasteiger partial charge in [0.15, 0.2) is 0 Å². The minimum Gasteiger partial charge on any atom is -0.292 e. The highest BCUT2D eigenvalue weighted by atomic mass is 19.4. The smallest absolute Gasteiger partial charge is 0.292 e. The predicted octanol–water partition coefficient (Wildman–Crippen LogP) is 9.85. The van der Waals surface area contributed by atoms with Crippen LogP contribution in [0.15, 0.2) is 54.6 Å². The summed E-state index contributed by atoms with van der Waals surface area (Å²) < 4.78 is 43.3. The molecule has 196 valence electrons. The third kappa shape index (κ3) is 4.03. The summed E-state index contributed by atoms with van der Waals surface area (Å²) in [4.78, 5) is 0. The van der Waals surface area contributed by atoms with Crippen molar-refractivity contribution >= 4 is 0 Å². The SMILES string of the molecule is CCCCC1(CCC)c2ccccc2-c2cc3c(cc21)-c1c(C)cccc1C3(CC)CCOC(F)(F)F. The lowest BCUT2D eigenvalue weighted by Crippen LogP contribution is -2.28. The van der Waals surface area contributed by atoms with Crippen LogP contribution < -0.4 is 0 Å². The molecule has 0 fully saturated rings. The van der Waals surface area contributed by atoms with Gasteiger partial charge in [-0.25, -0.2) is 0 Å². The summed E-state index contributed by atoms with van der Waals surface area (Å²) in [6, 6.07) is 19.8. The summed E-state index contributed by atoms with van der Waals surface area (Å²) in [5.74, 6) is 0. The Labute approximate surface area is 219 Å². The molecule has 0 saturated carbocycles. The number of benzene rings is 3. The summed E-state index contributed by atoms with van der Waals surface area (Å²) in [6.45, 7) is 8.39. The van der Waals surface area contributed by atoms with Crippen LogP contribution in [0.3, 0.4) is 0 Å². The highest BCUT2D eigenvalue weighted by Crippen LogP contribution is 2.60. The van der Waals surface area contributed by atoms with Crippen molar-refractivity contribution in [3.8, 4) is 22.3 Å². The summed E-state index contributed by atoms with van der Waals surface area (Å²) >= 11 is 0. The number of halogens is 3. The minimum atomic E-state index is -4.62. The normalized spacial score (nSPS) is 21.5. The molecule has 37 heavy (non-hydrogen) atoms. The Balaban J connectivity index is 1.76.